The number of carbonyl (C=O) groups is 2. The molecule has 2 atom stereocenters. The summed E-state index contributed by atoms with van der Waals surface area (Å²) in [5.74, 6) is 0.184. The van der Waals surface area contributed by atoms with Crippen molar-refractivity contribution < 1.29 is 14.5 Å². The smallest absolute Gasteiger partial charge is 0.315 e. The molecule has 3 amide bonds. The van der Waals surface area contributed by atoms with Gasteiger partial charge in [-0.3, -0.25) is 14.9 Å². The predicted molar refractivity (Wildman–Crippen MR) is 91.7 cm³/mol. The summed E-state index contributed by atoms with van der Waals surface area (Å²) in [4.78, 5) is 35.8. The van der Waals surface area contributed by atoms with Gasteiger partial charge in [-0.15, -0.1) is 0 Å². The first-order valence-corrected chi connectivity index (χ1v) is 8.15. The lowest BCUT2D eigenvalue weighted by molar-refractivity contribution is -0.384. The molecule has 1 aromatic rings. The highest BCUT2D eigenvalue weighted by molar-refractivity contribution is 5.84. The van der Waals surface area contributed by atoms with Crippen LogP contribution in [0, 0.1) is 16.0 Å². The van der Waals surface area contributed by atoms with Crippen molar-refractivity contribution in [2.75, 3.05) is 19.6 Å². The van der Waals surface area contributed by atoms with E-state index in [1.165, 1.54) is 12.1 Å². The van der Waals surface area contributed by atoms with Crippen LogP contribution in [0.2, 0.25) is 0 Å². The monoisotopic (exact) mass is 349 g/mol. The number of nitro benzene ring substituents is 1. The van der Waals surface area contributed by atoms with Gasteiger partial charge in [-0.05, 0) is 31.4 Å². The van der Waals surface area contributed by atoms with Crippen molar-refractivity contribution in [1.82, 2.24) is 15.5 Å². The molecule has 1 saturated heterocycles. The maximum Gasteiger partial charge on any atom is 0.315 e. The second-order valence-electron chi connectivity index (χ2n) is 6.19. The van der Waals surface area contributed by atoms with Crippen LogP contribution in [0.3, 0.4) is 0 Å². The minimum Gasteiger partial charge on any atom is -0.338 e. The van der Waals surface area contributed by atoms with Crippen LogP contribution in [0.1, 0.15) is 18.9 Å². The zero-order chi connectivity index (χ0) is 18.4. The molecule has 2 rings (SSSR count). The van der Waals surface area contributed by atoms with Crippen molar-refractivity contribution >= 4 is 17.6 Å². The maximum absolute atomic E-state index is 12.2. The molecule has 0 radical (unpaired) electrons. The zero-order valence-electron chi connectivity index (χ0n) is 14.1. The van der Waals surface area contributed by atoms with Crippen LogP contribution in [0.4, 0.5) is 10.5 Å². The number of non-ortho nitro benzene ring substituents is 1. The normalized spacial score (nSPS) is 19.5. The molecule has 0 saturated carbocycles. The predicted octanol–water partition coefficient (Wildman–Crippen LogP) is 0.590. The molecule has 1 fully saturated rings. The number of likely N-dealkylation sites (tertiary alicyclic amines) is 1. The number of rotatable bonds is 6. The molecule has 0 aliphatic carbocycles. The quantitative estimate of drug-likeness (QED) is 0.511. The number of nitrogens with zero attached hydrogens (tertiary/aromatic N) is 2. The summed E-state index contributed by atoms with van der Waals surface area (Å²) in [7, 11) is 0. The fourth-order valence-corrected chi connectivity index (χ4v) is 2.90. The molecule has 25 heavy (non-hydrogen) atoms. The molecule has 9 nitrogen and oxygen atoms in total. The Kier molecular flexibility index (Phi) is 6.29. The van der Waals surface area contributed by atoms with E-state index >= 15 is 0 Å². The van der Waals surface area contributed by atoms with Gasteiger partial charge in [0.15, 0.2) is 0 Å². The number of urea groups is 1. The molecule has 9 heteroatoms. The number of amides is 3. The Labute approximate surface area is 145 Å². The molecule has 1 aromatic carbocycles. The third-order valence-electron chi connectivity index (χ3n) is 4.32. The van der Waals surface area contributed by atoms with E-state index in [1.807, 2.05) is 6.92 Å². The number of nitrogens with two attached hydrogens (primary N) is 1. The molecule has 136 valence electrons. The first kappa shape index (κ1) is 18.7. The number of carbonyl (C=O) groups excluding carboxylic acids is 2. The largest absolute Gasteiger partial charge is 0.338 e. The van der Waals surface area contributed by atoms with E-state index in [4.69, 9.17) is 5.73 Å². The summed E-state index contributed by atoms with van der Waals surface area (Å²) < 4.78 is 0. The van der Waals surface area contributed by atoms with Gasteiger partial charge in [0.2, 0.25) is 5.91 Å². The van der Waals surface area contributed by atoms with Crippen LogP contribution in [0.25, 0.3) is 0 Å². The van der Waals surface area contributed by atoms with E-state index in [0.29, 0.717) is 19.0 Å². The Bertz CT molecular complexity index is 634. The number of nitro groups is 1. The van der Waals surface area contributed by atoms with Crippen molar-refractivity contribution in [2.45, 2.75) is 25.9 Å². The van der Waals surface area contributed by atoms with Gasteiger partial charge >= 0.3 is 6.03 Å². The molecule has 1 aliphatic rings. The maximum atomic E-state index is 12.2. The van der Waals surface area contributed by atoms with Crippen LogP contribution in [-0.4, -0.2) is 47.4 Å². The van der Waals surface area contributed by atoms with Crippen LogP contribution in [0.15, 0.2) is 24.3 Å². The molecule has 4 N–H and O–H groups in total. The number of benzene rings is 1. The molecule has 0 aromatic heterocycles. The highest BCUT2D eigenvalue weighted by Crippen LogP contribution is 2.21. The van der Waals surface area contributed by atoms with Crippen molar-refractivity contribution in [1.29, 1.82) is 0 Å². The van der Waals surface area contributed by atoms with E-state index in [-0.39, 0.29) is 30.7 Å². The second-order valence-corrected chi connectivity index (χ2v) is 6.19. The van der Waals surface area contributed by atoms with Crippen molar-refractivity contribution in [3.63, 3.8) is 0 Å². The van der Waals surface area contributed by atoms with Crippen LogP contribution < -0.4 is 16.4 Å². The van der Waals surface area contributed by atoms with Gasteiger partial charge in [0.25, 0.3) is 5.69 Å². The SMILES string of the molecule is CC1CC(CN)CN1C(=O)CNC(=O)NCc1ccc([N+](=O)[O-])cc1. The first-order valence-electron chi connectivity index (χ1n) is 8.15. The molecule has 1 aliphatic heterocycles. The lowest BCUT2D eigenvalue weighted by atomic mass is 10.1. The molecule has 1 heterocycles. The van der Waals surface area contributed by atoms with Gasteiger partial charge in [-0.25, -0.2) is 4.79 Å². The van der Waals surface area contributed by atoms with Gasteiger partial charge in [-0.2, -0.15) is 0 Å². The summed E-state index contributed by atoms with van der Waals surface area (Å²) in [6.45, 7) is 3.29. The summed E-state index contributed by atoms with van der Waals surface area (Å²) in [6, 6.07) is 5.56. The second kappa shape index (κ2) is 8.43. The Morgan fingerprint density at radius 1 is 1.32 bits per heavy atom. The molecular weight excluding hydrogens is 326 g/mol. The van der Waals surface area contributed by atoms with Gasteiger partial charge in [0, 0.05) is 31.3 Å². The molecule has 0 spiro atoms. The zero-order valence-corrected chi connectivity index (χ0v) is 14.1. The van der Waals surface area contributed by atoms with Crippen molar-refractivity contribution in [2.24, 2.45) is 11.7 Å². The van der Waals surface area contributed by atoms with E-state index < -0.39 is 11.0 Å². The minimum atomic E-state index is -0.482. The third kappa shape index (κ3) is 5.15. The Balaban J connectivity index is 1.73. The van der Waals surface area contributed by atoms with Crippen LogP contribution in [-0.2, 0) is 11.3 Å². The Morgan fingerprint density at radius 2 is 2.00 bits per heavy atom. The molecular formula is C16H23N5O4. The number of hydrogen-bond acceptors (Lipinski definition) is 5. The van der Waals surface area contributed by atoms with E-state index in [2.05, 4.69) is 10.6 Å². The van der Waals surface area contributed by atoms with Gasteiger partial charge in [0.1, 0.15) is 0 Å². The van der Waals surface area contributed by atoms with Gasteiger partial charge in [-0.1, -0.05) is 12.1 Å². The lowest BCUT2D eigenvalue weighted by Gasteiger charge is -2.21. The van der Waals surface area contributed by atoms with Gasteiger partial charge < -0.3 is 21.3 Å². The first-order chi connectivity index (χ1) is 11.9. The summed E-state index contributed by atoms with van der Waals surface area (Å²) >= 11 is 0. The fourth-order valence-electron chi connectivity index (χ4n) is 2.90. The number of hydrogen-bond donors (Lipinski definition) is 3. The number of nitrogens with one attached hydrogen (secondary N) is 2. The molecule has 0 bridgehead atoms. The highest BCUT2D eigenvalue weighted by Gasteiger charge is 2.31. The minimum absolute atomic E-state index is 0.00526. The van der Waals surface area contributed by atoms with E-state index in [0.717, 1.165) is 12.0 Å². The summed E-state index contributed by atoms with van der Waals surface area (Å²) in [6.07, 6.45) is 0.884. The summed E-state index contributed by atoms with van der Waals surface area (Å²) in [5.41, 5.74) is 6.37. The standard InChI is InChI=1S/C16H23N5O4/c1-11-6-13(7-17)10-20(11)15(22)9-19-16(23)18-8-12-2-4-14(5-3-12)21(24)25/h2-5,11,13H,6-10,17H2,1H3,(H2,18,19,23). The van der Waals surface area contributed by atoms with Crippen molar-refractivity contribution in [3.05, 3.63) is 39.9 Å². The van der Waals surface area contributed by atoms with Crippen LogP contribution in [0.5, 0.6) is 0 Å². The van der Waals surface area contributed by atoms with E-state index in [9.17, 15) is 19.7 Å². The highest BCUT2D eigenvalue weighted by atomic mass is 16.6. The lowest BCUT2D eigenvalue weighted by Crippen LogP contribution is -2.44. The average molecular weight is 349 g/mol. The third-order valence-corrected chi connectivity index (χ3v) is 4.32. The van der Waals surface area contributed by atoms with Gasteiger partial charge in [0.05, 0.1) is 11.5 Å². The average Bonchev–Trinajstić information content (AvgIpc) is 2.99. The van der Waals surface area contributed by atoms with Crippen LogP contribution >= 0.6 is 0 Å². The Hall–Kier alpha value is -2.68. The Morgan fingerprint density at radius 3 is 2.56 bits per heavy atom. The molecule has 2 unspecified atom stereocenters. The fraction of sp³-hybridized carbons (Fsp3) is 0.500. The summed E-state index contributed by atoms with van der Waals surface area (Å²) in [5, 5.41) is 15.7. The van der Waals surface area contributed by atoms with E-state index in [1.54, 1.807) is 17.0 Å². The topological polar surface area (TPSA) is 131 Å². The van der Waals surface area contributed by atoms with Crippen molar-refractivity contribution in [3.8, 4) is 0 Å².